The van der Waals surface area contributed by atoms with Gasteiger partial charge in [0.05, 0.1) is 12.1 Å². The quantitative estimate of drug-likeness (QED) is 0.932. The van der Waals surface area contributed by atoms with Gasteiger partial charge in [0.2, 0.25) is 5.88 Å². The fourth-order valence-corrected chi connectivity index (χ4v) is 2.59. The highest BCUT2D eigenvalue weighted by Gasteiger charge is 2.25. The van der Waals surface area contributed by atoms with Crippen LogP contribution in [-0.4, -0.2) is 41.2 Å². The summed E-state index contributed by atoms with van der Waals surface area (Å²) < 4.78 is 19.0. The maximum absolute atomic E-state index is 13.9. The second kappa shape index (κ2) is 6.31. The van der Waals surface area contributed by atoms with E-state index in [1.54, 1.807) is 13.2 Å². The summed E-state index contributed by atoms with van der Waals surface area (Å²) in [4.78, 5) is 14.1. The van der Waals surface area contributed by atoms with E-state index in [0.29, 0.717) is 35.6 Å². The zero-order valence-corrected chi connectivity index (χ0v) is 12.7. The smallest absolute Gasteiger partial charge is 0.218 e. The molecule has 0 aromatic carbocycles. The zero-order valence-electron chi connectivity index (χ0n) is 12.0. The molecule has 1 aliphatic heterocycles. The number of methoxy groups -OCH3 is 1. The fraction of sp³-hybridized carbons (Fsp3) is 0.357. The number of hydrogen-bond donors (Lipinski definition) is 1. The summed E-state index contributed by atoms with van der Waals surface area (Å²) in [5.74, 6) is 1.10. The Morgan fingerprint density at radius 2 is 2.23 bits per heavy atom. The van der Waals surface area contributed by atoms with Crippen molar-refractivity contribution in [3.63, 3.8) is 0 Å². The van der Waals surface area contributed by atoms with Crippen LogP contribution in [0.2, 0.25) is 5.02 Å². The first-order chi connectivity index (χ1) is 10.7. The number of hydrogen-bond acceptors (Lipinski definition) is 6. The maximum Gasteiger partial charge on any atom is 0.218 e. The molecule has 1 aliphatic rings. The summed E-state index contributed by atoms with van der Waals surface area (Å²) in [6, 6.07) is 3.15. The number of halogens is 2. The van der Waals surface area contributed by atoms with E-state index >= 15 is 0 Å². The summed E-state index contributed by atoms with van der Waals surface area (Å²) in [6.45, 7) is 1.35. The van der Waals surface area contributed by atoms with Gasteiger partial charge in [-0.05, 0) is 12.5 Å². The van der Waals surface area contributed by atoms with Crippen molar-refractivity contribution in [1.29, 1.82) is 0 Å². The minimum absolute atomic E-state index is 0.150. The van der Waals surface area contributed by atoms with Gasteiger partial charge in [0.25, 0.3) is 0 Å². The van der Waals surface area contributed by atoms with Gasteiger partial charge < -0.3 is 15.0 Å². The molecule has 0 bridgehead atoms. The van der Waals surface area contributed by atoms with Gasteiger partial charge in [0.15, 0.2) is 11.6 Å². The van der Waals surface area contributed by atoms with Gasteiger partial charge >= 0.3 is 0 Å². The summed E-state index contributed by atoms with van der Waals surface area (Å²) in [6.07, 6.45) is 3.75. The molecule has 6 nitrogen and oxygen atoms in total. The van der Waals surface area contributed by atoms with Crippen LogP contribution in [0.5, 0.6) is 5.88 Å². The van der Waals surface area contributed by atoms with Crippen molar-refractivity contribution in [2.75, 3.05) is 30.4 Å². The van der Waals surface area contributed by atoms with E-state index in [4.69, 9.17) is 16.3 Å². The molecule has 1 atom stereocenters. The lowest BCUT2D eigenvalue weighted by Gasteiger charge is -2.18. The third kappa shape index (κ3) is 3.19. The predicted molar refractivity (Wildman–Crippen MR) is 82.0 cm³/mol. The molecule has 3 rings (SSSR count). The number of nitrogens with zero attached hydrogens (tertiary/aromatic N) is 4. The number of aromatic nitrogens is 3. The molecule has 22 heavy (non-hydrogen) atoms. The molecule has 0 amide bonds. The van der Waals surface area contributed by atoms with Crippen molar-refractivity contribution >= 4 is 23.2 Å². The van der Waals surface area contributed by atoms with Crippen LogP contribution >= 0.6 is 11.6 Å². The van der Waals surface area contributed by atoms with Crippen molar-refractivity contribution in [2.24, 2.45) is 0 Å². The number of nitrogens with one attached hydrogen (secondary N) is 1. The van der Waals surface area contributed by atoms with Crippen LogP contribution in [-0.2, 0) is 0 Å². The standard InChI is InChI=1S/C14H15ClFN5O/c1-22-13-5-12(18-8-19-13)20-10-2-3-21(7-10)14-11(16)4-9(15)6-17-14/h4-6,8,10H,2-3,7H2,1H3,(H,18,19,20). The lowest BCUT2D eigenvalue weighted by Crippen LogP contribution is -2.27. The van der Waals surface area contributed by atoms with Crippen LogP contribution in [0.4, 0.5) is 16.0 Å². The summed E-state index contributed by atoms with van der Waals surface area (Å²) in [5, 5.41) is 3.59. The molecule has 8 heteroatoms. The number of anilines is 2. The van der Waals surface area contributed by atoms with Crippen LogP contribution in [0.3, 0.4) is 0 Å². The number of ether oxygens (including phenoxy) is 1. The first kappa shape index (κ1) is 14.8. The highest BCUT2D eigenvalue weighted by atomic mass is 35.5. The second-order valence-electron chi connectivity index (χ2n) is 4.98. The Morgan fingerprint density at radius 1 is 1.36 bits per heavy atom. The van der Waals surface area contributed by atoms with Crippen molar-refractivity contribution in [2.45, 2.75) is 12.5 Å². The molecule has 1 saturated heterocycles. The minimum Gasteiger partial charge on any atom is -0.481 e. The molecule has 0 aliphatic carbocycles. The maximum atomic E-state index is 13.9. The van der Waals surface area contributed by atoms with Crippen molar-refractivity contribution in [3.8, 4) is 5.88 Å². The summed E-state index contributed by atoms with van der Waals surface area (Å²) in [5.41, 5.74) is 0. The fourth-order valence-electron chi connectivity index (χ4n) is 2.45. The van der Waals surface area contributed by atoms with Gasteiger partial charge in [-0.1, -0.05) is 11.6 Å². The highest BCUT2D eigenvalue weighted by Crippen LogP contribution is 2.24. The molecular weight excluding hydrogens is 309 g/mol. The number of pyridine rings is 1. The molecule has 2 aromatic rings. The van der Waals surface area contributed by atoms with Crippen LogP contribution in [0.25, 0.3) is 0 Å². The zero-order chi connectivity index (χ0) is 15.5. The molecule has 0 saturated carbocycles. The molecule has 2 aromatic heterocycles. The van der Waals surface area contributed by atoms with Gasteiger partial charge in [-0.25, -0.2) is 19.3 Å². The van der Waals surface area contributed by atoms with E-state index in [1.807, 2.05) is 4.90 Å². The van der Waals surface area contributed by atoms with E-state index in [2.05, 4.69) is 20.3 Å². The Kier molecular flexibility index (Phi) is 4.24. The van der Waals surface area contributed by atoms with Gasteiger partial charge in [-0.2, -0.15) is 0 Å². The Balaban J connectivity index is 1.67. The first-order valence-corrected chi connectivity index (χ1v) is 7.22. The van der Waals surface area contributed by atoms with Crippen molar-refractivity contribution < 1.29 is 9.13 Å². The van der Waals surface area contributed by atoms with Gasteiger partial charge in [-0.3, -0.25) is 0 Å². The SMILES string of the molecule is COc1cc(NC2CCN(c3ncc(Cl)cc3F)C2)ncn1. The molecule has 0 spiro atoms. The monoisotopic (exact) mass is 323 g/mol. The molecule has 1 N–H and O–H groups in total. The molecule has 3 heterocycles. The van der Waals surface area contributed by atoms with Crippen LogP contribution in [0.15, 0.2) is 24.7 Å². The Morgan fingerprint density at radius 3 is 3.00 bits per heavy atom. The third-order valence-electron chi connectivity index (χ3n) is 3.48. The molecule has 116 valence electrons. The minimum atomic E-state index is -0.406. The largest absolute Gasteiger partial charge is 0.481 e. The van der Waals surface area contributed by atoms with Crippen LogP contribution in [0, 0.1) is 5.82 Å². The van der Waals surface area contributed by atoms with Crippen LogP contribution in [0.1, 0.15) is 6.42 Å². The third-order valence-corrected chi connectivity index (χ3v) is 3.69. The summed E-state index contributed by atoms with van der Waals surface area (Å²) in [7, 11) is 1.55. The van der Waals surface area contributed by atoms with Gasteiger partial charge in [0, 0.05) is 31.4 Å². The molecular formula is C14H15ClFN5O. The first-order valence-electron chi connectivity index (χ1n) is 6.84. The Hall–Kier alpha value is -2.15. The normalized spacial score (nSPS) is 17.6. The number of rotatable bonds is 4. The topological polar surface area (TPSA) is 63.2 Å². The lowest BCUT2D eigenvalue weighted by molar-refractivity contribution is 0.397. The lowest BCUT2D eigenvalue weighted by atomic mass is 10.2. The van der Waals surface area contributed by atoms with E-state index in [-0.39, 0.29) is 6.04 Å². The van der Waals surface area contributed by atoms with E-state index in [1.165, 1.54) is 18.6 Å². The van der Waals surface area contributed by atoms with Crippen molar-refractivity contribution in [3.05, 3.63) is 35.5 Å². The molecule has 0 radical (unpaired) electrons. The Bertz CT molecular complexity index is 671. The molecule has 1 fully saturated rings. The Labute approximate surface area is 132 Å². The van der Waals surface area contributed by atoms with Crippen LogP contribution < -0.4 is 15.0 Å². The second-order valence-corrected chi connectivity index (χ2v) is 5.42. The van der Waals surface area contributed by atoms with E-state index < -0.39 is 5.82 Å². The molecule has 1 unspecified atom stereocenters. The van der Waals surface area contributed by atoms with E-state index in [0.717, 1.165) is 6.42 Å². The van der Waals surface area contributed by atoms with Crippen molar-refractivity contribution in [1.82, 2.24) is 15.0 Å². The average Bonchev–Trinajstić information content (AvgIpc) is 2.95. The highest BCUT2D eigenvalue weighted by molar-refractivity contribution is 6.30. The van der Waals surface area contributed by atoms with Gasteiger partial charge in [-0.15, -0.1) is 0 Å². The average molecular weight is 324 g/mol. The van der Waals surface area contributed by atoms with Gasteiger partial charge in [0.1, 0.15) is 12.1 Å². The summed E-state index contributed by atoms with van der Waals surface area (Å²) >= 11 is 5.73. The van der Waals surface area contributed by atoms with E-state index in [9.17, 15) is 4.39 Å². The predicted octanol–water partition coefficient (Wildman–Crippen LogP) is 2.36.